The lowest BCUT2D eigenvalue weighted by Gasteiger charge is -2.27. The number of rotatable bonds is 3. The first kappa shape index (κ1) is 18.3. The van der Waals surface area contributed by atoms with Gasteiger partial charge in [0.05, 0.1) is 5.56 Å². The minimum atomic E-state index is -0.367. The molecule has 0 unspecified atom stereocenters. The van der Waals surface area contributed by atoms with Gasteiger partial charge in [0.15, 0.2) is 0 Å². The van der Waals surface area contributed by atoms with Gasteiger partial charge in [0.25, 0.3) is 0 Å². The van der Waals surface area contributed by atoms with Crippen LogP contribution in [0.1, 0.15) is 70.0 Å². The highest BCUT2D eigenvalue weighted by molar-refractivity contribution is 5.90. The molecule has 3 heteroatoms. The number of ether oxygens (including phenoxy) is 1. The summed E-state index contributed by atoms with van der Waals surface area (Å²) in [6.45, 7) is 14.2. The molecule has 0 aliphatic rings. The van der Waals surface area contributed by atoms with Gasteiger partial charge >= 0.3 is 5.97 Å². The number of aromatic hydroxyl groups is 1. The Morgan fingerprint density at radius 2 is 1.55 bits per heavy atom. The summed E-state index contributed by atoms with van der Waals surface area (Å²) in [4.78, 5) is 12.3. The largest absolute Gasteiger partial charge is 0.507 e. The molecule has 3 nitrogen and oxygen atoms in total. The monoisotopic (exact) mass is 304 g/mol. The predicted molar refractivity (Wildman–Crippen MR) is 90.6 cm³/mol. The topological polar surface area (TPSA) is 46.5 Å². The van der Waals surface area contributed by atoms with E-state index in [9.17, 15) is 9.90 Å². The van der Waals surface area contributed by atoms with Gasteiger partial charge < -0.3 is 9.84 Å². The molecule has 122 valence electrons. The Balaban J connectivity index is 3.38. The maximum Gasteiger partial charge on any atom is 0.338 e. The summed E-state index contributed by atoms with van der Waals surface area (Å²) < 4.78 is 5.24. The van der Waals surface area contributed by atoms with Crippen molar-refractivity contribution in [3.05, 3.63) is 41.0 Å². The maximum absolute atomic E-state index is 12.3. The van der Waals surface area contributed by atoms with Crippen LogP contribution in [0, 0.1) is 0 Å². The number of hydrogen-bond acceptors (Lipinski definition) is 3. The second-order valence-corrected chi connectivity index (χ2v) is 7.59. The lowest BCUT2D eigenvalue weighted by molar-refractivity contribution is 0.0549. The molecule has 0 heterocycles. The quantitative estimate of drug-likeness (QED) is 0.649. The van der Waals surface area contributed by atoms with Crippen LogP contribution in [0.4, 0.5) is 0 Å². The highest BCUT2D eigenvalue weighted by Crippen LogP contribution is 2.39. The zero-order valence-electron chi connectivity index (χ0n) is 14.8. The molecule has 0 bridgehead atoms. The number of hydrogen-bond donors (Lipinski definition) is 1. The summed E-state index contributed by atoms with van der Waals surface area (Å²) in [5.74, 6) is -0.0981. The molecule has 22 heavy (non-hydrogen) atoms. The highest BCUT2D eigenvalue weighted by Gasteiger charge is 2.28. The molecule has 0 aliphatic carbocycles. The first-order chi connectivity index (χ1) is 9.98. The van der Waals surface area contributed by atoms with Crippen LogP contribution in [0.25, 0.3) is 0 Å². The Morgan fingerprint density at radius 1 is 1.09 bits per heavy atom. The fourth-order valence-electron chi connectivity index (χ4n) is 2.20. The second-order valence-electron chi connectivity index (χ2n) is 7.59. The van der Waals surface area contributed by atoms with Crippen molar-refractivity contribution in [2.45, 2.75) is 59.3 Å². The molecule has 0 spiro atoms. The molecule has 1 rings (SSSR count). The molecule has 1 N–H and O–H groups in total. The lowest BCUT2D eigenvalue weighted by atomic mass is 9.78. The molecule has 0 atom stereocenters. The summed E-state index contributed by atoms with van der Waals surface area (Å²) in [7, 11) is 0. The standard InChI is InChI=1S/C19H28O3/c1-8-9-10-22-17(21)13-11-14(18(2,3)4)16(20)15(12-13)19(5,6)7/h8-9,11-12,20H,10H2,1-7H3/b9-8+. The van der Waals surface area contributed by atoms with E-state index in [4.69, 9.17) is 4.74 Å². The zero-order chi connectivity index (χ0) is 17.1. The van der Waals surface area contributed by atoms with Crippen LogP contribution in [0.2, 0.25) is 0 Å². The third-order valence-electron chi connectivity index (χ3n) is 3.51. The number of allylic oxidation sites excluding steroid dienone is 1. The van der Waals surface area contributed by atoms with Gasteiger partial charge in [-0.3, -0.25) is 0 Å². The predicted octanol–water partition coefficient (Wildman–Crippen LogP) is 4.72. The Labute approximate surface area is 134 Å². The van der Waals surface area contributed by atoms with Crippen LogP contribution in [-0.4, -0.2) is 17.7 Å². The molecule has 1 aromatic carbocycles. The molecule has 0 aromatic heterocycles. The molecule has 0 saturated heterocycles. The maximum atomic E-state index is 12.3. The number of carbonyl (C=O) groups is 1. The summed E-state index contributed by atoms with van der Waals surface area (Å²) in [5.41, 5.74) is 1.49. The van der Waals surface area contributed by atoms with Gasteiger partial charge in [0.1, 0.15) is 12.4 Å². The van der Waals surface area contributed by atoms with Crippen molar-refractivity contribution in [3.63, 3.8) is 0 Å². The number of carbonyl (C=O) groups excluding carboxylic acids is 1. The van der Waals surface area contributed by atoms with E-state index >= 15 is 0 Å². The summed E-state index contributed by atoms with van der Waals surface area (Å²) in [6, 6.07) is 3.48. The average molecular weight is 304 g/mol. The van der Waals surface area contributed by atoms with Gasteiger partial charge in [0, 0.05) is 11.1 Å². The van der Waals surface area contributed by atoms with Gasteiger partial charge in [-0.15, -0.1) is 0 Å². The fourth-order valence-corrected chi connectivity index (χ4v) is 2.20. The molecule has 1 aromatic rings. The van der Waals surface area contributed by atoms with E-state index in [1.54, 1.807) is 18.2 Å². The van der Waals surface area contributed by atoms with E-state index in [2.05, 4.69) is 0 Å². The number of benzene rings is 1. The zero-order valence-corrected chi connectivity index (χ0v) is 14.8. The molecule has 0 amide bonds. The van der Waals surface area contributed by atoms with E-state index in [1.807, 2.05) is 54.5 Å². The van der Waals surface area contributed by atoms with Gasteiger partial charge in [-0.25, -0.2) is 4.79 Å². The van der Waals surface area contributed by atoms with E-state index in [0.29, 0.717) is 5.56 Å². The summed E-state index contributed by atoms with van der Waals surface area (Å²) in [6.07, 6.45) is 3.62. The van der Waals surface area contributed by atoms with Crippen molar-refractivity contribution in [3.8, 4) is 5.75 Å². The summed E-state index contributed by atoms with van der Waals surface area (Å²) in [5, 5.41) is 10.6. The average Bonchev–Trinajstić information content (AvgIpc) is 2.36. The normalized spacial score (nSPS) is 12.7. The highest BCUT2D eigenvalue weighted by atomic mass is 16.5. The van der Waals surface area contributed by atoms with Crippen LogP contribution in [0.15, 0.2) is 24.3 Å². The van der Waals surface area contributed by atoms with Crippen LogP contribution in [0.5, 0.6) is 5.75 Å². The first-order valence-electron chi connectivity index (χ1n) is 7.64. The minimum absolute atomic E-state index is 0.256. The summed E-state index contributed by atoms with van der Waals surface area (Å²) >= 11 is 0. The SMILES string of the molecule is C/C=C/COC(=O)c1cc(C(C)(C)C)c(O)c(C(C)(C)C)c1. The Bertz CT molecular complexity index is 534. The van der Waals surface area contributed by atoms with E-state index < -0.39 is 0 Å². The van der Waals surface area contributed by atoms with Crippen molar-refractivity contribution >= 4 is 5.97 Å². The van der Waals surface area contributed by atoms with Gasteiger partial charge in [-0.2, -0.15) is 0 Å². The first-order valence-corrected chi connectivity index (χ1v) is 7.64. The van der Waals surface area contributed by atoms with E-state index in [0.717, 1.165) is 11.1 Å². The van der Waals surface area contributed by atoms with Gasteiger partial charge in [-0.05, 0) is 29.9 Å². The third-order valence-corrected chi connectivity index (χ3v) is 3.51. The van der Waals surface area contributed by atoms with Crippen LogP contribution >= 0.6 is 0 Å². The Hall–Kier alpha value is -1.77. The lowest BCUT2D eigenvalue weighted by Crippen LogP contribution is -2.19. The molecule has 0 radical (unpaired) electrons. The van der Waals surface area contributed by atoms with Crippen molar-refractivity contribution in [2.24, 2.45) is 0 Å². The van der Waals surface area contributed by atoms with Crippen LogP contribution in [0.3, 0.4) is 0 Å². The Kier molecular flexibility index (Phi) is 5.44. The van der Waals surface area contributed by atoms with Crippen LogP contribution < -0.4 is 0 Å². The van der Waals surface area contributed by atoms with Crippen molar-refractivity contribution in [1.82, 2.24) is 0 Å². The minimum Gasteiger partial charge on any atom is -0.507 e. The van der Waals surface area contributed by atoms with Crippen LogP contribution in [-0.2, 0) is 15.6 Å². The van der Waals surface area contributed by atoms with Gasteiger partial charge in [-0.1, -0.05) is 53.7 Å². The fraction of sp³-hybridized carbons (Fsp3) is 0.526. The second kappa shape index (κ2) is 6.55. The molecular formula is C19H28O3. The van der Waals surface area contributed by atoms with Gasteiger partial charge in [0.2, 0.25) is 0 Å². The molecule has 0 saturated carbocycles. The molecule has 0 fully saturated rings. The van der Waals surface area contributed by atoms with Crippen molar-refractivity contribution in [1.29, 1.82) is 0 Å². The van der Waals surface area contributed by atoms with Crippen molar-refractivity contribution < 1.29 is 14.6 Å². The number of esters is 1. The van der Waals surface area contributed by atoms with E-state index in [1.165, 1.54) is 0 Å². The molecule has 0 aliphatic heterocycles. The van der Waals surface area contributed by atoms with E-state index in [-0.39, 0.29) is 29.2 Å². The smallest absolute Gasteiger partial charge is 0.338 e. The van der Waals surface area contributed by atoms with Crippen molar-refractivity contribution in [2.75, 3.05) is 6.61 Å². The number of phenols is 1. The third kappa shape index (κ3) is 4.36. The number of phenolic OH excluding ortho intramolecular Hbond substituents is 1. The molecular weight excluding hydrogens is 276 g/mol. The Morgan fingerprint density at radius 3 is 1.91 bits per heavy atom.